The van der Waals surface area contributed by atoms with Crippen molar-refractivity contribution in [2.45, 2.75) is 38.8 Å². The number of anilines is 1. The second kappa shape index (κ2) is 8.05. The van der Waals surface area contributed by atoms with Gasteiger partial charge in [-0.1, -0.05) is 37.2 Å². The normalized spacial score (nSPS) is 18.0. The molecule has 2 N–H and O–H groups in total. The summed E-state index contributed by atoms with van der Waals surface area (Å²) in [6.45, 7) is 6.82. The van der Waals surface area contributed by atoms with Gasteiger partial charge < -0.3 is 20.1 Å². The Bertz CT molecular complexity index is 695. The van der Waals surface area contributed by atoms with Gasteiger partial charge in [-0.05, 0) is 24.5 Å². The largest absolute Gasteiger partial charge is 0.369 e. The summed E-state index contributed by atoms with van der Waals surface area (Å²) >= 11 is 0. The third kappa shape index (κ3) is 4.53. The molecule has 1 saturated heterocycles. The number of benzene rings is 1. The first-order chi connectivity index (χ1) is 12.2. The van der Waals surface area contributed by atoms with Crippen LogP contribution in [0.4, 0.5) is 5.69 Å². The number of nitrogens with one attached hydrogen (secondary N) is 2. The van der Waals surface area contributed by atoms with Crippen molar-refractivity contribution in [1.29, 1.82) is 0 Å². The van der Waals surface area contributed by atoms with E-state index in [2.05, 4.69) is 69.9 Å². The van der Waals surface area contributed by atoms with Gasteiger partial charge in [0.2, 0.25) is 0 Å². The molecule has 1 fully saturated rings. The Kier molecular flexibility index (Phi) is 5.58. The van der Waals surface area contributed by atoms with Crippen LogP contribution in [0.25, 0.3) is 0 Å². The lowest BCUT2D eigenvalue weighted by Crippen LogP contribution is -2.44. The maximum atomic E-state index is 5.36. The summed E-state index contributed by atoms with van der Waals surface area (Å²) in [7, 11) is 1.79. The average Bonchev–Trinajstić information content (AvgIpc) is 3.29. The Morgan fingerprint density at radius 2 is 2.16 bits per heavy atom. The number of aromatic nitrogens is 1. The maximum Gasteiger partial charge on any atom is 0.191 e. The molecule has 1 atom stereocenters. The Morgan fingerprint density at radius 3 is 2.84 bits per heavy atom. The summed E-state index contributed by atoms with van der Waals surface area (Å²) in [5.74, 6) is 1.99. The molecule has 2 aromatic rings. The SMILES string of the molecule is CN=C(NCc1cc(C(C)C)no1)NC1CCN(c2ccccc2)C1. The zero-order chi connectivity index (χ0) is 17.6. The zero-order valence-corrected chi connectivity index (χ0v) is 15.2. The molecule has 1 aliphatic rings. The molecule has 6 nitrogen and oxygen atoms in total. The van der Waals surface area contributed by atoms with E-state index in [1.807, 2.05) is 6.07 Å². The Labute approximate surface area is 149 Å². The number of guanidine groups is 1. The number of aliphatic imine (C=N–C) groups is 1. The highest BCUT2D eigenvalue weighted by Gasteiger charge is 2.23. The molecule has 3 rings (SSSR count). The standard InChI is InChI=1S/C19H27N5O/c1-14(2)18-11-17(25-23-18)12-21-19(20-3)22-15-9-10-24(13-15)16-7-5-4-6-8-16/h4-8,11,14-15H,9-10,12-13H2,1-3H3,(H2,20,21,22). The summed E-state index contributed by atoms with van der Waals surface area (Å²) in [4.78, 5) is 6.72. The third-order valence-corrected chi connectivity index (χ3v) is 4.47. The minimum Gasteiger partial charge on any atom is -0.369 e. The molecule has 0 spiro atoms. The monoisotopic (exact) mass is 341 g/mol. The topological polar surface area (TPSA) is 65.7 Å². The highest BCUT2D eigenvalue weighted by Crippen LogP contribution is 2.19. The van der Waals surface area contributed by atoms with Crippen LogP contribution in [0, 0.1) is 0 Å². The summed E-state index contributed by atoms with van der Waals surface area (Å²) in [5, 5.41) is 10.9. The fraction of sp³-hybridized carbons (Fsp3) is 0.474. The Balaban J connectivity index is 1.49. The molecule has 0 amide bonds. The lowest BCUT2D eigenvalue weighted by atomic mass is 10.1. The van der Waals surface area contributed by atoms with Crippen LogP contribution >= 0.6 is 0 Å². The van der Waals surface area contributed by atoms with Crippen LogP contribution in [-0.2, 0) is 6.54 Å². The molecule has 0 saturated carbocycles. The van der Waals surface area contributed by atoms with E-state index >= 15 is 0 Å². The molecule has 25 heavy (non-hydrogen) atoms. The van der Waals surface area contributed by atoms with Crippen LogP contribution in [-0.4, -0.2) is 37.3 Å². The fourth-order valence-corrected chi connectivity index (χ4v) is 2.99. The van der Waals surface area contributed by atoms with Gasteiger partial charge in [0.15, 0.2) is 11.7 Å². The van der Waals surface area contributed by atoms with E-state index in [1.165, 1.54) is 5.69 Å². The van der Waals surface area contributed by atoms with Crippen molar-refractivity contribution in [3.05, 3.63) is 47.9 Å². The van der Waals surface area contributed by atoms with Crippen molar-refractivity contribution in [2.24, 2.45) is 4.99 Å². The van der Waals surface area contributed by atoms with E-state index in [4.69, 9.17) is 4.52 Å². The van der Waals surface area contributed by atoms with Crippen molar-refractivity contribution in [2.75, 3.05) is 25.0 Å². The fourth-order valence-electron chi connectivity index (χ4n) is 2.99. The van der Waals surface area contributed by atoms with Crippen molar-refractivity contribution in [1.82, 2.24) is 15.8 Å². The summed E-state index contributed by atoms with van der Waals surface area (Å²) in [5.41, 5.74) is 2.26. The number of hydrogen-bond acceptors (Lipinski definition) is 4. The van der Waals surface area contributed by atoms with E-state index in [0.29, 0.717) is 18.5 Å². The van der Waals surface area contributed by atoms with Gasteiger partial charge in [0.05, 0.1) is 12.2 Å². The number of para-hydroxylation sites is 1. The molecule has 1 unspecified atom stereocenters. The molecule has 2 heterocycles. The molecule has 1 aromatic heterocycles. The van der Waals surface area contributed by atoms with Crippen molar-refractivity contribution < 1.29 is 4.52 Å². The second-order valence-corrected chi connectivity index (χ2v) is 6.71. The Morgan fingerprint density at radius 1 is 1.36 bits per heavy atom. The van der Waals surface area contributed by atoms with Crippen molar-refractivity contribution in [3.8, 4) is 0 Å². The van der Waals surface area contributed by atoms with Gasteiger partial charge in [0.25, 0.3) is 0 Å². The summed E-state index contributed by atoms with van der Waals surface area (Å²) in [6, 6.07) is 12.9. The van der Waals surface area contributed by atoms with E-state index in [0.717, 1.165) is 36.9 Å². The first-order valence-electron chi connectivity index (χ1n) is 8.88. The quantitative estimate of drug-likeness (QED) is 0.647. The van der Waals surface area contributed by atoms with E-state index in [9.17, 15) is 0 Å². The zero-order valence-electron chi connectivity index (χ0n) is 15.2. The van der Waals surface area contributed by atoms with Gasteiger partial charge in [-0.3, -0.25) is 4.99 Å². The molecule has 6 heteroatoms. The first kappa shape index (κ1) is 17.3. The van der Waals surface area contributed by atoms with E-state index in [1.54, 1.807) is 7.05 Å². The molecule has 0 aliphatic carbocycles. The van der Waals surface area contributed by atoms with Gasteiger partial charge in [-0.2, -0.15) is 0 Å². The maximum absolute atomic E-state index is 5.36. The lowest BCUT2D eigenvalue weighted by Gasteiger charge is -2.20. The molecule has 134 valence electrons. The molecule has 1 aliphatic heterocycles. The summed E-state index contributed by atoms with van der Waals surface area (Å²) in [6.07, 6.45) is 1.09. The van der Waals surface area contributed by atoms with Crippen LogP contribution in [0.1, 0.15) is 37.6 Å². The average molecular weight is 341 g/mol. The van der Waals surface area contributed by atoms with Gasteiger partial charge >= 0.3 is 0 Å². The van der Waals surface area contributed by atoms with Crippen molar-refractivity contribution in [3.63, 3.8) is 0 Å². The third-order valence-electron chi connectivity index (χ3n) is 4.47. The van der Waals surface area contributed by atoms with Gasteiger partial charge in [0.1, 0.15) is 0 Å². The molecular formula is C19H27N5O. The van der Waals surface area contributed by atoms with Crippen LogP contribution < -0.4 is 15.5 Å². The predicted octanol–water partition coefficient (Wildman–Crippen LogP) is 2.74. The Hall–Kier alpha value is -2.50. The van der Waals surface area contributed by atoms with Gasteiger partial charge in [0, 0.05) is 37.9 Å². The van der Waals surface area contributed by atoms with Gasteiger partial charge in [-0.25, -0.2) is 0 Å². The number of hydrogen-bond donors (Lipinski definition) is 2. The highest BCUT2D eigenvalue weighted by molar-refractivity contribution is 5.80. The molecule has 0 bridgehead atoms. The van der Waals surface area contributed by atoms with Gasteiger partial charge in [-0.15, -0.1) is 0 Å². The van der Waals surface area contributed by atoms with Crippen LogP contribution in [0.3, 0.4) is 0 Å². The summed E-state index contributed by atoms with van der Waals surface area (Å²) < 4.78 is 5.36. The van der Waals surface area contributed by atoms with Crippen molar-refractivity contribution >= 4 is 11.6 Å². The molecule has 1 aromatic carbocycles. The van der Waals surface area contributed by atoms with Crippen LogP contribution in [0.2, 0.25) is 0 Å². The first-order valence-corrected chi connectivity index (χ1v) is 8.88. The van der Waals surface area contributed by atoms with Crippen LogP contribution in [0.15, 0.2) is 45.9 Å². The number of rotatable bonds is 5. The lowest BCUT2D eigenvalue weighted by molar-refractivity contribution is 0.371. The van der Waals surface area contributed by atoms with E-state index in [-0.39, 0.29) is 0 Å². The minimum atomic E-state index is 0.373. The smallest absolute Gasteiger partial charge is 0.191 e. The second-order valence-electron chi connectivity index (χ2n) is 6.71. The highest BCUT2D eigenvalue weighted by atomic mass is 16.5. The minimum absolute atomic E-state index is 0.373. The van der Waals surface area contributed by atoms with Crippen LogP contribution in [0.5, 0.6) is 0 Å². The predicted molar refractivity (Wildman–Crippen MR) is 101 cm³/mol. The van der Waals surface area contributed by atoms with E-state index < -0.39 is 0 Å². The molecular weight excluding hydrogens is 314 g/mol. The molecule has 0 radical (unpaired) electrons. The number of nitrogens with zero attached hydrogens (tertiary/aromatic N) is 3.